The molecule has 2 heterocycles. The molecule has 1 aliphatic carbocycles. The number of hydrogen-bond acceptors (Lipinski definition) is 7. The van der Waals surface area contributed by atoms with Gasteiger partial charge in [0.05, 0.1) is 31.7 Å². The summed E-state index contributed by atoms with van der Waals surface area (Å²) < 4.78 is 5.30. The molecule has 1 aromatic carbocycles. The molecule has 0 saturated carbocycles. The molecule has 2 amide bonds. The number of nitrogens with zero attached hydrogens (tertiary/aromatic N) is 2. The summed E-state index contributed by atoms with van der Waals surface area (Å²) in [6.07, 6.45) is 3.91. The number of benzene rings is 1. The molecule has 0 bridgehead atoms. The van der Waals surface area contributed by atoms with E-state index >= 15 is 0 Å². The Balaban J connectivity index is 1.43. The molecule has 0 spiro atoms. The van der Waals surface area contributed by atoms with Crippen LogP contribution in [0.5, 0.6) is 0 Å². The molecule has 0 radical (unpaired) electrons. The third-order valence-corrected chi connectivity index (χ3v) is 5.89. The van der Waals surface area contributed by atoms with Gasteiger partial charge in [0, 0.05) is 6.42 Å². The van der Waals surface area contributed by atoms with Crippen LogP contribution in [0.4, 0.5) is 5.13 Å². The number of nitrogen functional groups attached to an aromatic ring is 1. The van der Waals surface area contributed by atoms with Gasteiger partial charge in [-0.1, -0.05) is 47.3 Å². The second kappa shape index (κ2) is 8.71. The van der Waals surface area contributed by atoms with Crippen LogP contribution < -0.4 is 16.4 Å². The smallest absolute Gasteiger partial charge is 0.227 e. The predicted molar refractivity (Wildman–Crippen MR) is 109 cm³/mol. The average Bonchev–Trinajstić information content (AvgIpc) is 3.26. The maximum atomic E-state index is 12.6. The zero-order chi connectivity index (χ0) is 20.2. The van der Waals surface area contributed by atoms with E-state index in [-0.39, 0.29) is 30.3 Å². The molecule has 29 heavy (non-hydrogen) atoms. The monoisotopic (exact) mass is 413 g/mol. The molecule has 1 aliphatic heterocycles. The number of fused-ring (bicyclic) bond motifs is 1. The molecular formula is C20H23N5O3S. The zero-order valence-corrected chi connectivity index (χ0v) is 16.7. The highest BCUT2D eigenvalue weighted by Gasteiger charge is 2.34. The SMILES string of the molecule is Nc1nnc(CC(=O)N[C@@H]2c3ccccc3C[C@H]2NC(=O)CC2=CCOCC2)s1. The van der Waals surface area contributed by atoms with E-state index in [1.54, 1.807) is 0 Å². The molecule has 0 unspecified atom stereocenters. The number of anilines is 1. The molecule has 4 N–H and O–H groups in total. The number of carbonyl (C=O) groups excluding carboxylic acids is 2. The number of ether oxygens (including phenoxy) is 1. The summed E-state index contributed by atoms with van der Waals surface area (Å²) in [6.45, 7) is 1.22. The Labute approximate surface area is 172 Å². The average molecular weight is 414 g/mol. The van der Waals surface area contributed by atoms with Crippen LogP contribution >= 0.6 is 11.3 Å². The standard InChI is InChI=1S/C20H23N5O3S/c21-20-25-24-18(29-20)11-17(27)23-19-14-4-2-1-3-13(14)10-15(19)22-16(26)9-12-5-7-28-8-6-12/h1-5,15,19H,6-11H2,(H2,21,25)(H,22,26)(H,23,27)/t15-,19-/m1/s1. The third-order valence-electron chi connectivity index (χ3n) is 5.13. The van der Waals surface area contributed by atoms with Crippen molar-refractivity contribution in [3.63, 3.8) is 0 Å². The van der Waals surface area contributed by atoms with Gasteiger partial charge in [0.15, 0.2) is 0 Å². The van der Waals surface area contributed by atoms with Gasteiger partial charge in [-0.05, 0) is 24.0 Å². The van der Waals surface area contributed by atoms with E-state index in [0.29, 0.717) is 36.2 Å². The minimum atomic E-state index is -0.281. The molecule has 1 aromatic heterocycles. The van der Waals surface area contributed by atoms with Gasteiger partial charge >= 0.3 is 0 Å². The number of nitrogens with two attached hydrogens (primary N) is 1. The first-order chi connectivity index (χ1) is 14.1. The largest absolute Gasteiger partial charge is 0.377 e. The van der Waals surface area contributed by atoms with Crippen molar-refractivity contribution in [2.45, 2.75) is 37.8 Å². The fraction of sp³-hybridized carbons (Fsp3) is 0.400. The summed E-state index contributed by atoms with van der Waals surface area (Å²) in [5, 5.41) is 14.7. The van der Waals surface area contributed by atoms with E-state index in [2.05, 4.69) is 20.8 Å². The van der Waals surface area contributed by atoms with Crippen molar-refractivity contribution in [1.29, 1.82) is 0 Å². The van der Waals surface area contributed by atoms with Gasteiger partial charge in [-0.3, -0.25) is 9.59 Å². The molecular weight excluding hydrogens is 390 g/mol. The van der Waals surface area contributed by atoms with Crippen molar-refractivity contribution in [2.75, 3.05) is 18.9 Å². The molecule has 8 nitrogen and oxygen atoms in total. The van der Waals surface area contributed by atoms with Crippen LogP contribution in [0.3, 0.4) is 0 Å². The van der Waals surface area contributed by atoms with Crippen LogP contribution in [-0.4, -0.2) is 41.3 Å². The minimum absolute atomic E-state index is 0.0351. The first-order valence-corrected chi connectivity index (χ1v) is 10.4. The molecule has 0 fully saturated rings. The summed E-state index contributed by atoms with van der Waals surface area (Å²) >= 11 is 1.20. The van der Waals surface area contributed by atoms with Gasteiger partial charge in [0.25, 0.3) is 0 Å². The van der Waals surface area contributed by atoms with Crippen molar-refractivity contribution < 1.29 is 14.3 Å². The van der Waals surface area contributed by atoms with Crippen LogP contribution in [0, 0.1) is 0 Å². The lowest BCUT2D eigenvalue weighted by Gasteiger charge is -2.23. The maximum absolute atomic E-state index is 12.6. The molecule has 2 aromatic rings. The van der Waals surface area contributed by atoms with Gasteiger partial charge in [-0.25, -0.2) is 0 Å². The highest BCUT2D eigenvalue weighted by atomic mass is 32.1. The Bertz CT molecular complexity index is 942. The number of amides is 2. The molecule has 2 atom stereocenters. The van der Waals surface area contributed by atoms with Crippen LogP contribution in [0.1, 0.15) is 35.0 Å². The van der Waals surface area contributed by atoms with E-state index in [1.807, 2.05) is 30.3 Å². The third kappa shape index (κ3) is 4.80. The summed E-state index contributed by atoms with van der Waals surface area (Å²) in [4.78, 5) is 25.2. The van der Waals surface area contributed by atoms with E-state index in [4.69, 9.17) is 10.5 Å². The Morgan fingerprint density at radius 3 is 2.76 bits per heavy atom. The highest BCUT2D eigenvalue weighted by Crippen LogP contribution is 2.31. The quantitative estimate of drug-likeness (QED) is 0.614. The van der Waals surface area contributed by atoms with Gasteiger partial charge < -0.3 is 21.1 Å². The van der Waals surface area contributed by atoms with Crippen LogP contribution in [-0.2, 0) is 27.2 Å². The van der Waals surface area contributed by atoms with Gasteiger partial charge in [-0.2, -0.15) is 0 Å². The predicted octanol–water partition coefficient (Wildman–Crippen LogP) is 1.30. The second-order valence-corrected chi connectivity index (χ2v) is 8.29. The van der Waals surface area contributed by atoms with Gasteiger partial charge in [0.1, 0.15) is 5.01 Å². The Morgan fingerprint density at radius 2 is 2.00 bits per heavy atom. The Morgan fingerprint density at radius 1 is 1.17 bits per heavy atom. The van der Waals surface area contributed by atoms with Crippen molar-refractivity contribution in [3.8, 4) is 0 Å². The van der Waals surface area contributed by atoms with E-state index in [9.17, 15) is 9.59 Å². The van der Waals surface area contributed by atoms with Crippen LogP contribution in [0.2, 0.25) is 0 Å². The lowest BCUT2D eigenvalue weighted by Crippen LogP contribution is -2.44. The summed E-state index contributed by atoms with van der Waals surface area (Å²) in [5.74, 6) is -0.207. The number of nitrogens with one attached hydrogen (secondary N) is 2. The lowest BCUT2D eigenvalue weighted by atomic mass is 10.0. The van der Waals surface area contributed by atoms with Crippen molar-refractivity contribution in [3.05, 3.63) is 52.0 Å². The van der Waals surface area contributed by atoms with E-state index in [1.165, 1.54) is 11.3 Å². The minimum Gasteiger partial charge on any atom is -0.377 e. The van der Waals surface area contributed by atoms with E-state index < -0.39 is 0 Å². The highest BCUT2D eigenvalue weighted by molar-refractivity contribution is 7.15. The number of rotatable bonds is 6. The lowest BCUT2D eigenvalue weighted by molar-refractivity contribution is -0.123. The van der Waals surface area contributed by atoms with E-state index in [0.717, 1.165) is 23.1 Å². The first kappa shape index (κ1) is 19.5. The Hall–Kier alpha value is -2.78. The molecule has 152 valence electrons. The van der Waals surface area contributed by atoms with Crippen molar-refractivity contribution >= 4 is 28.3 Å². The van der Waals surface area contributed by atoms with Gasteiger partial charge in [-0.15, -0.1) is 10.2 Å². The number of carbonyl (C=O) groups is 2. The van der Waals surface area contributed by atoms with Crippen molar-refractivity contribution in [2.24, 2.45) is 0 Å². The molecule has 2 aliphatic rings. The molecule has 9 heteroatoms. The fourth-order valence-corrected chi connectivity index (χ4v) is 4.41. The number of aromatic nitrogens is 2. The molecule has 0 saturated heterocycles. The second-order valence-electron chi connectivity index (χ2n) is 7.20. The normalized spacial score (nSPS) is 20.6. The molecule has 4 rings (SSSR count). The topological polar surface area (TPSA) is 119 Å². The maximum Gasteiger partial charge on any atom is 0.227 e. The zero-order valence-electron chi connectivity index (χ0n) is 15.9. The van der Waals surface area contributed by atoms with Crippen molar-refractivity contribution in [1.82, 2.24) is 20.8 Å². The van der Waals surface area contributed by atoms with Crippen LogP contribution in [0.25, 0.3) is 0 Å². The van der Waals surface area contributed by atoms with Crippen LogP contribution in [0.15, 0.2) is 35.9 Å². The number of hydrogen-bond donors (Lipinski definition) is 3. The summed E-state index contributed by atoms with van der Waals surface area (Å²) in [6, 6.07) is 7.48. The fourth-order valence-electron chi connectivity index (χ4n) is 3.80. The summed E-state index contributed by atoms with van der Waals surface area (Å²) in [7, 11) is 0. The Kier molecular flexibility index (Phi) is 5.86. The summed E-state index contributed by atoms with van der Waals surface area (Å²) in [5.41, 5.74) is 8.85. The first-order valence-electron chi connectivity index (χ1n) is 9.58. The van der Waals surface area contributed by atoms with Gasteiger partial charge in [0.2, 0.25) is 16.9 Å².